The number of carbonyl (C=O) groups excluding carboxylic acids is 2. The fourth-order valence-corrected chi connectivity index (χ4v) is 2.49. The first-order chi connectivity index (χ1) is 10.6. The molecule has 0 saturated heterocycles. The Bertz CT molecular complexity index is 765. The molecule has 2 aromatic rings. The zero-order chi connectivity index (χ0) is 16.1. The average Bonchev–Trinajstić information content (AvgIpc) is 2.56. The molecule has 0 amide bonds. The molecule has 0 aliphatic carbocycles. The van der Waals surface area contributed by atoms with Crippen LogP contribution >= 0.6 is 11.8 Å². The number of rotatable bonds is 5. The van der Waals surface area contributed by atoms with Crippen LogP contribution in [0.5, 0.6) is 11.5 Å². The van der Waals surface area contributed by atoms with Gasteiger partial charge in [-0.3, -0.25) is 0 Å². The van der Waals surface area contributed by atoms with Gasteiger partial charge < -0.3 is 9.47 Å². The van der Waals surface area contributed by atoms with Gasteiger partial charge in [-0.25, -0.2) is 9.59 Å². The molecule has 0 radical (unpaired) electrons. The lowest BCUT2D eigenvalue weighted by atomic mass is 10.1. The molecule has 0 heterocycles. The van der Waals surface area contributed by atoms with Crippen LogP contribution in [0, 0.1) is 0 Å². The van der Waals surface area contributed by atoms with Gasteiger partial charge in [0.15, 0.2) is 5.75 Å². The zero-order valence-corrected chi connectivity index (χ0v) is 12.8. The van der Waals surface area contributed by atoms with Crippen LogP contribution in [-0.2, 0) is 9.59 Å². The third-order valence-electron chi connectivity index (χ3n) is 2.89. The summed E-state index contributed by atoms with van der Waals surface area (Å²) >= 11 is 1.38. The third kappa shape index (κ3) is 3.20. The van der Waals surface area contributed by atoms with Crippen LogP contribution in [0.2, 0.25) is 0 Å². The number of benzene rings is 2. The second kappa shape index (κ2) is 6.95. The molecular weight excluding hydrogens is 300 g/mol. The predicted octanol–water partition coefficient (Wildman–Crippen LogP) is 3.74. The minimum atomic E-state index is -0.548. The average molecular weight is 314 g/mol. The molecule has 5 heteroatoms. The lowest BCUT2D eigenvalue weighted by Gasteiger charge is -2.14. The Morgan fingerprint density at radius 3 is 2.23 bits per heavy atom. The summed E-state index contributed by atoms with van der Waals surface area (Å²) in [5.41, 5.74) is 0. The standard InChI is InChI=1S/C17H14O4S/c1-4-15(18)20-13-10-14(22-3)17(21-16(19)5-2)12-9-7-6-8-11(12)13/h4-10H,1-2H2,3H3. The SMILES string of the molecule is C=CC(=O)Oc1cc(SC)c(OC(=O)C=C)c2ccccc12. The van der Waals surface area contributed by atoms with Crippen molar-refractivity contribution in [1.82, 2.24) is 0 Å². The molecule has 0 fully saturated rings. The molecule has 112 valence electrons. The molecule has 0 unspecified atom stereocenters. The first-order valence-corrected chi connectivity index (χ1v) is 7.61. The maximum absolute atomic E-state index is 11.6. The minimum absolute atomic E-state index is 0.392. The molecule has 0 saturated carbocycles. The van der Waals surface area contributed by atoms with Crippen molar-refractivity contribution in [3.63, 3.8) is 0 Å². The van der Waals surface area contributed by atoms with Crippen molar-refractivity contribution in [2.24, 2.45) is 0 Å². The summed E-state index contributed by atoms with van der Waals surface area (Å²) in [6.45, 7) is 6.79. The van der Waals surface area contributed by atoms with Gasteiger partial charge in [0, 0.05) is 22.9 Å². The number of hydrogen-bond donors (Lipinski definition) is 0. The molecule has 2 rings (SSSR count). The van der Waals surface area contributed by atoms with Crippen molar-refractivity contribution in [1.29, 1.82) is 0 Å². The molecule has 2 aromatic carbocycles. The second-order valence-electron chi connectivity index (χ2n) is 4.20. The lowest BCUT2D eigenvalue weighted by Crippen LogP contribution is -2.07. The summed E-state index contributed by atoms with van der Waals surface area (Å²) in [7, 11) is 0. The van der Waals surface area contributed by atoms with Gasteiger partial charge in [0.25, 0.3) is 0 Å². The highest BCUT2D eigenvalue weighted by Crippen LogP contribution is 2.41. The van der Waals surface area contributed by atoms with Crippen molar-refractivity contribution in [2.45, 2.75) is 4.90 Å². The van der Waals surface area contributed by atoms with E-state index in [4.69, 9.17) is 9.47 Å². The molecule has 0 aliphatic heterocycles. The van der Waals surface area contributed by atoms with E-state index in [1.165, 1.54) is 11.8 Å². The number of fused-ring (bicyclic) bond motifs is 1. The van der Waals surface area contributed by atoms with Gasteiger partial charge >= 0.3 is 11.9 Å². The first-order valence-electron chi connectivity index (χ1n) is 6.39. The smallest absolute Gasteiger partial charge is 0.335 e. The molecule has 0 aliphatic rings. The van der Waals surface area contributed by atoms with E-state index in [1.54, 1.807) is 18.2 Å². The van der Waals surface area contributed by atoms with Crippen LogP contribution in [0.3, 0.4) is 0 Å². The van der Waals surface area contributed by atoms with Gasteiger partial charge in [0.1, 0.15) is 5.75 Å². The van der Waals surface area contributed by atoms with Crippen LogP contribution in [-0.4, -0.2) is 18.2 Å². The van der Waals surface area contributed by atoms with Crippen LogP contribution < -0.4 is 9.47 Å². The van der Waals surface area contributed by atoms with E-state index < -0.39 is 11.9 Å². The summed E-state index contributed by atoms with van der Waals surface area (Å²) in [5, 5.41) is 1.35. The van der Waals surface area contributed by atoms with E-state index in [0.717, 1.165) is 12.2 Å². The number of ether oxygens (including phenoxy) is 2. The normalized spacial score (nSPS) is 10.0. The van der Waals surface area contributed by atoms with E-state index in [9.17, 15) is 9.59 Å². The summed E-state index contributed by atoms with van der Waals surface area (Å²) in [5.74, 6) is -0.279. The molecule has 0 N–H and O–H groups in total. The molecule has 0 bridgehead atoms. The van der Waals surface area contributed by atoms with Gasteiger partial charge in [0.2, 0.25) is 0 Å². The Morgan fingerprint density at radius 1 is 1.05 bits per heavy atom. The van der Waals surface area contributed by atoms with Crippen molar-refractivity contribution < 1.29 is 19.1 Å². The Morgan fingerprint density at radius 2 is 1.64 bits per heavy atom. The monoisotopic (exact) mass is 314 g/mol. The fourth-order valence-electron chi connectivity index (χ4n) is 1.92. The Labute approximate surface area is 132 Å². The van der Waals surface area contributed by atoms with Crippen molar-refractivity contribution in [2.75, 3.05) is 6.26 Å². The highest BCUT2D eigenvalue weighted by Gasteiger charge is 2.16. The quantitative estimate of drug-likeness (QED) is 0.364. The van der Waals surface area contributed by atoms with E-state index in [2.05, 4.69) is 13.2 Å². The number of thioether (sulfide) groups is 1. The van der Waals surface area contributed by atoms with E-state index in [-0.39, 0.29) is 0 Å². The number of esters is 2. The van der Waals surface area contributed by atoms with Gasteiger partial charge in [-0.1, -0.05) is 37.4 Å². The largest absolute Gasteiger partial charge is 0.423 e. The van der Waals surface area contributed by atoms with Gasteiger partial charge in [-0.05, 0) is 12.3 Å². The van der Waals surface area contributed by atoms with Crippen LogP contribution in [0.15, 0.2) is 60.5 Å². The molecule has 0 aromatic heterocycles. The maximum Gasteiger partial charge on any atom is 0.335 e. The molecule has 4 nitrogen and oxygen atoms in total. The summed E-state index contributed by atoms with van der Waals surface area (Å²) in [4.78, 5) is 23.7. The first kappa shape index (κ1) is 15.9. The molecule has 22 heavy (non-hydrogen) atoms. The van der Waals surface area contributed by atoms with Gasteiger partial charge in [-0.15, -0.1) is 11.8 Å². The fraction of sp³-hybridized carbons (Fsp3) is 0.0588. The van der Waals surface area contributed by atoms with Crippen LogP contribution in [0.4, 0.5) is 0 Å². The summed E-state index contributed by atoms with van der Waals surface area (Å²) < 4.78 is 10.6. The Kier molecular flexibility index (Phi) is 5.01. The number of carbonyl (C=O) groups is 2. The lowest BCUT2D eigenvalue weighted by molar-refractivity contribution is -0.130. The van der Waals surface area contributed by atoms with Gasteiger partial charge in [0.05, 0.1) is 4.90 Å². The second-order valence-corrected chi connectivity index (χ2v) is 5.05. The third-order valence-corrected chi connectivity index (χ3v) is 3.63. The maximum atomic E-state index is 11.6. The van der Waals surface area contributed by atoms with Crippen LogP contribution in [0.1, 0.15) is 0 Å². The molecule has 0 spiro atoms. The Balaban J connectivity index is 2.67. The van der Waals surface area contributed by atoms with E-state index in [0.29, 0.717) is 27.2 Å². The highest BCUT2D eigenvalue weighted by molar-refractivity contribution is 7.98. The van der Waals surface area contributed by atoms with Crippen molar-refractivity contribution >= 4 is 34.5 Å². The van der Waals surface area contributed by atoms with E-state index >= 15 is 0 Å². The molecule has 0 atom stereocenters. The summed E-state index contributed by atoms with van der Waals surface area (Å²) in [6, 6.07) is 8.88. The minimum Gasteiger partial charge on any atom is -0.423 e. The topological polar surface area (TPSA) is 52.6 Å². The van der Waals surface area contributed by atoms with E-state index in [1.807, 2.05) is 18.4 Å². The van der Waals surface area contributed by atoms with Crippen LogP contribution in [0.25, 0.3) is 10.8 Å². The van der Waals surface area contributed by atoms with Crippen molar-refractivity contribution in [3.8, 4) is 11.5 Å². The van der Waals surface area contributed by atoms with Crippen molar-refractivity contribution in [3.05, 3.63) is 55.6 Å². The molecular formula is C17H14O4S. The highest BCUT2D eigenvalue weighted by atomic mass is 32.2. The Hall–Kier alpha value is -2.53. The predicted molar refractivity (Wildman–Crippen MR) is 87.4 cm³/mol. The van der Waals surface area contributed by atoms with Gasteiger partial charge in [-0.2, -0.15) is 0 Å². The zero-order valence-electron chi connectivity index (χ0n) is 12.0. The number of hydrogen-bond acceptors (Lipinski definition) is 5. The summed E-state index contributed by atoms with van der Waals surface area (Å²) in [6.07, 6.45) is 4.04.